The normalized spacial score (nSPS) is 11.9. The second kappa shape index (κ2) is 5.91. The average molecular weight is 206 g/mol. The number of rotatable bonds is 3. The molecule has 0 amide bonds. The fraction of sp³-hybridized carbons (Fsp3) is 0.333. The minimum atomic E-state index is -0.269. The fourth-order valence-corrected chi connectivity index (χ4v) is 1.02. The summed E-state index contributed by atoms with van der Waals surface area (Å²) in [5, 5.41) is 8.60. The van der Waals surface area contributed by atoms with Crippen molar-refractivity contribution in [1.29, 1.82) is 0 Å². The van der Waals surface area contributed by atoms with Crippen molar-refractivity contribution < 1.29 is 9.50 Å². The number of benzene rings is 1. The molecule has 1 rings (SSSR count). The first kappa shape index (κ1) is 12.4. The summed E-state index contributed by atoms with van der Waals surface area (Å²) in [6.07, 6.45) is 0.506. The topological polar surface area (TPSA) is 46.2 Å². The highest BCUT2D eigenvalue weighted by atomic mass is 35.5. The third kappa shape index (κ3) is 3.72. The van der Waals surface area contributed by atoms with E-state index in [1.807, 2.05) is 0 Å². The van der Waals surface area contributed by atoms with Gasteiger partial charge in [-0.05, 0) is 24.1 Å². The van der Waals surface area contributed by atoms with E-state index in [1.165, 1.54) is 12.1 Å². The van der Waals surface area contributed by atoms with Gasteiger partial charge in [-0.25, -0.2) is 4.39 Å². The number of halogens is 2. The molecule has 0 unspecified atom stereocenters. The molecule has 0 bridgehead atoms. The van der Waals surface area contributed by atoms with Gasteiger partial charge in [0.1, 0.15) is 5.82 Å². The van der Waals surface area contributed by atoms with Crippen LogP contribution in [-0.2, 0) is 0 Å². The predicted octanol–water partition coefficient (Wildman–Crippen LogP) is 1.63. The van der Waals surface area contributed by atoms with Gasteiger partial charge in [0.25, 0.3) is 0 Å². The van der Waals surface area contributed by atoms with Crippen molar-refractivity contribution in [2.75, 3.05) is 6.61 Å². The molecule has 0 aromatic heterocycles. The minimum Gasteiger partial charge on any atom is -0.396 e. The molecule has 0 spiro atoms. The number of hydrogen-bond acceptors (Lipinski definition) is 2. The van der Waals surface area contributed by atoms with Gasteiger partial charge in [0.15, 0.2) is 0 Å². The van der Waals surface area contributed by atoms with Gasteiger partial charge in [0.2, 0.25) is 0 Å². The first-order chi connectivity index (χ1) is 5.74. The zero-order chi connectivity index (χ0) is 8.97. The molecule has 4 heteroatoms. The summed E-state index contributed by atoms with van der Waals surface area (Å²) in [4.78, 5) is 0. The lowest BCUT2D eigenvalue weighted by molar-refractivity contribution is 0.276. The minimum absolute atomic E-state index is 0. The van der Waals surface area contributed by atoms with Crippen molar-refractivity contribution >= 4 is 12.4 Å². The quantitative estimate of drug-likeness (QED) is 0.788. The largest absolute Gasteiger partial charge is 0.396 e. The zero-order valence-corrected chi connectivity index (χ0v) is 7.93. The molecule has 1 aromatic carbocycles. The van der Waals surface area contributed by atoms with Crippen molar-refractivity contribution in [3.63, 3.8) is 0 Å². The number of aliphatic hydroxyl groups excluding tert-OH is 1. The van der Waals surface area contributed by atoms with Crippen LogP contribution in [0.3, 0.4) is 0 Å². The zero-order valence-electron chi connectivity index (χ0n) is 7.11. The second-order valence-corrected chi connectivity index (χ2v) is 2.67. The van der Waals surface area contributed by atoms with Gasteiger partial charge in [0.05, 0.1) is 0 Å². The van der Waals surface area contributed by atoms with Crippen molar-refractivity contribution in [3.05, 3.63) is 35.6 Å². The van der Waals surface area contributed by atoms with Crippen LogP contribution >= 0.6 is 12.4 Å². The van der Waals surface area contributed by atoms with Crippen LogP contribution < -0.4 is 5.73 Å². The average Bonchev–Trinajstić information content (AvgIpc) is 2.06. The molecule has 2 nitrogen and oxygen atoms in total. The van der Waals surface area contributed by atoms with Gasteiger partial charge < -0.3 is 10.8 Å². The Hall–Kier alpha value is -0.640. The molecule has 0 aliphatic carbocycles. The number of hydrogen-bond donors (Lipinski definition) is 2. The summed E-state index contributed by atoms with van der Waals surface area (Å²) in [7, 11) is 0. The first-order valence-electron chi connectivity index (χ1n) is 3.86. The van der Waals surface area contributed by atoms with Crippen LogP contribution in [0.4, 0.5) is 4.39 Å². The van der Waals surface area contributed by atoms with E-state index in [0.717, 1.165) is 5.56 Å². The molecule has 0 aliphatic heterocycles. The molecule has 3 N–H and O–H groups in total. The summed E-state index contributed by atoms with van der Waals surface area (Å²) >= 11 is 0. The van der Waals surface area contributed by atoms with Gasteiger partial charge in [-0.1, -0.05) is 12.1 Å². The predicted molar refractivity (Wildman–Crippen MR) is 52.3 cm³/mol. The highest BCUT2D eigenvalue weighted by Crippen LogP contribution is 2.13. The Morgan fingerprint density at radius 3 is 2.31 bits per heavy atom. The number of aliphatic hydroxyl groups is 1. The Morgan fingerprint density at radius 1 is 1.31 bits per heavy atom. The maximum Gasteiger partial charge on any atom is 0.123 e. The summed E-state index contributed by atoms with van der Waals surface area (Å²) in [6.45, 7) is 0.0541. The highest BCUT2D eigenvalue weighted by Gasteiger charge is 2.03. The highest BCUT2D eigenvalue weighted by molar-refractivity contribution is 5.85. The summed E-state index contributed by atoms with van der Waals surface area (Å²) in [6, 6.07) is 5.81. The second-order valence-electron chi connectivity index (χ2n) is 2.67. The molecular weight excluding hydrogens is 193 g/mol. The summed E-state index contributed by atoms with van der Waals surface area (Å²) in [5.41, 5.74) is 6.53. The van der Waals surface area contributed by atoms with Gasteiger partial charge in [-0.3, -0.25) is 0 Å². The maximum absolute atomic E-state index is 12.4. The van der Waals surface area contributed by atoms with E-state index in [0.29, 0.717) is 6.42 Å². The maximum atomic E-state index is 12.4. The molecule has 1 atom stereocenters. The molecule has 13 heavy (non-hydrogen) atoms. The first-order valence-corrected chi connectivity index (χ1v) is 3.86. The molecule has 0 saturated carbocycles. The van der Waals surface area contributed by atoms with E-state index in [9.17, 15) is 4.39 Å². The smallest absolute Gasteiger partial charge is 0.123 e. The lowest BCUT2D eigenvalue weighted by Crippen LogP contribution is -2.11. The fourth-order valence-electron chi connectivity index (χ4n) is 1.02. The van der Waals surface area contributed by atoms with E-state index >= 15 is 0 Å². The monoisotopic (exact) mass is 205 g/mol. The van der Waals surface area contributed by atoms with Crippen LogP contribution in [0.25, 0.3) is 0 Å². The van der Waals surface area contributed by atoms with Gasteiger partial charge in [0, 0.05) is 12.6 Å². The molecule has 0 radical (unpaired) electrons. The van der Waals surface area contributed by atoms with Crippen molar-refractivity contribution in [1.82, 2.24) is 0 Å². The lowest BCUT2D eigenvalue weighted by atomic mass is 10.1. The summed E-state index contributed by atoms with van der Waals surface area (Å²) in [5.74, 6) is -0.269. The molecule has 0 heterocycles. The molecular formula is C9H13ClFNO. The van der Waals surface area contributed by atoms with Crippen LogP contribution in [0, 0.1) is 5.82 Å². The number of nitrogens with two attached hydrogens (primary N) is 1. The third-order valence-electron chi connectivity index (χ3n) is 1.74. The Bertz CT molecular complexity index is 240. The van der Waals surface area contributed by atoms with Crippen molar-refractivity contribution in [2.24, 2.45) is 5.73 Å². The van der Waals surface area contributed by atoms with E-state index in [-0.39, 0.29) is 30.9 Å². The van der Waals surface area contributed by atoms with Crippen LogP contribution in [0.5, 0.6) is 0 Å². The molecule has 0 saturated heterocycles. The third-order valence-corrected chi connectivity index (χ3v) is 1.74. The van der Waals surface area contributed by atoms with E-state index in [4.69, 9.17) is 10.8 Å². The lowest BCUT2D eigenvalue weighted by Gasteiger charge is -2.09. The van der Waals surface area contributed by atoms with Gasteiger partial charge in [-0.15, -0.1) is 12.4 Å². The standard InChI is InChI=1S/C9H12FNO.ClH/c10-8-3-1-7(2-4-8)9(11)5-6-12;/h1-4,9,12H,5-6,11H2;1H/t9-;/m1./s1. The van der Waals surface area contributed by atoms with E-state index in [2.05, 4.69) is 0 Å². The van der Waals surface area contributed by atoms with E-state index in [1.54, 1.807) is 12.1 Å². The van der Waals surface area contributed by atoms with Crippen LogP contribution in [0.2, 0.25) is 0 Å². The Balaban J connectivity index is 0.00000144. The van der Waals surface area contributed by atoms with Crippen molar-refractivity contribution in [3.8, 4) is 0 Å². The summed E-state index contributed by atoms with van der Waals surface area (Å²) < 4.78 is 12.4. The van der Waals surface area contributed by atoms with Crippen LogP contribution in [0.1, 0.15) is 18.0 Å². The van der Waals surface area contributed by atoms with Crippen molar-refractivity contribution in [2.45, 2.75) is 12.5 Å². The molecule has 74 valence electrons. The molecule has 1 aromatic rings. The van der Waals surface area contributed by atoms with Crippen LogP contribution in [0.15, 0.2) is 24.3 Å². The Kier molecular flexibility index (Phi) is 5.62. The Morgan fingerprint density at radius 2 is 1.85 bits per heavy atom. The van der Waals surface area contributed by atoms with Gasteiger partial charge >= 0.3 is 0 Å². The molecule has 0 fully saturated rings. The molecule has 0 aliphatic rings. The van der Waals surface area contributed by atoms with Crippen LogP contribution in [-0.4, -0.2) is 11.7 Å². The SMILES string of the molecule is Cl.N[C@H](CCO)c1ccc(F)cc1. The van der Waals surface area contributed by atoms with E-state index < -0.39 is 0 Å². The van der Waals surface area contributed by atoms with Gasteiger partial charge in [-0.2, -0.15) is 0 Å². The Labute approximate surface area is 83.0 Å².